The van der Waals surface area contributed by atoms with E-state index < -0.39 is 15.4 Å². The Morgan fingerprint density at radius 3 is 2.81 bits per heavy atom. The molecular formula is C10H17N3O2S. The van der Waals surface area contributed by atoms with Crippen molar-refractivity contribution in [3.05, 3.63) is 11.8 Å². The maximum absolute atomic E-state index is 11.6. The molecule has 5 nitrogen and oxygen atoms in total. The standard InChI is InChI=1S/C10H17N3O2S/c1-3-8-6-9(11)12-13(8)10(2)4-5-16(14,15)7-10/h6H,3-5,7H2,1-2H3,(H2,11,12). The topological polar surface area (TPSA) is 78.0 Å². The van der Waals surface area contributed by atoms with Crippen LogP contribution in [0.2, 0.25) is 0 Å². The molecular weight excluding hydrogens is 226 g/mol. The van der Waals surface area contributed by atoms with Crippen LogP contribution in [0.1, 0.15) is 26.0 Å². The molecule has 1 fully saturated rings. The lowest BCUT2D eigenvalue weighted by atomic mass is 10.0. The van der Waals surface area contributed by atoms with Gasteiger partial charge in [0.1, 0.15) is 5.82 Å². The SMILES string of the molecule is CCc1cc(N)nn1C1(C)CCS(=O)(=O)C1. The van der Waals surface area contributed by atoms with Crippen molar-refractivity contribution >= 4 is 15.7 Å². The third-order valence-electron chi connectivity index (χ3n) is 3.16. The van der Waals surface area contributed by atoms with Crippen LogP contribution in [0.25, 0.3) is 0 Å². The maximum Gasteiger partial charge on any atom is 0.152 e. The molecule has 1 aromatic heterocycles. The second kappa shape index (κ2) is 3.48. The van der Waals surface area contributed by atoms with E-state index in [1.165, 1.54) is 0 Å². The van der Waals surface area contributed by atoms with E-state index in [9.17, 15) is 8.42 Å². The molecule has 0 aliphatic carbocycles. The van der Waals surface area contributed by atoms with Crippen LogP contribution in [0.3, 0.4) is 0 Å². The van der Waals surface area contributed by atoms with Crippen LogP contribution in [0.15, 0.2) is 6.07 Å². The summed E-state index contributed by atoms with van der Waals surface area (Å²) in [7, 11) is -2.92. The van der Waals surface area contributed by atoms with Crippen LogP contribution in [-0.4, -0.2) is 29.7 Å². The summed E-state index contributed by atoms with van der Waals surface area (Å²) in [6.07, 6.45) is 1.42. The van der Waals surface area contributed by atoms with Gasteiger partial charge in [-0.15, -0.1) is 0 Å². The summed E-state index contributed by atoms with van der Waals surface area (Å²) in [5, 5.41) is 4.23. The zero-order valence-electron chi connectivity index (χ0n) is 9.60. The minimum absolute atomic E-state index is 0.161. The van der Waals surface area contributed by atoms with E-state index in [-0.39, 0.29) is 11.5 Å². The van der Waals surface area contributed by atoms with Crippen molar-refractivity contribution in [3.8, 4) is 0 Å². The van der Waals surface area contributed by atoms with Gasteiger partial charge in [-0.25, -0.2) is 8.42 Å². The van der Waals surface area contributed by atoms with Crippen molar-refractivity contribution in [2.75, 3.05) is 17.2 Å². The summed E-state index contributed by atoms with van der Waals surface area (Å²) < 4.78 is 24.9. The molecule has 0 spiro atoms. The lowest BCUT2D eigenvalue weighted by Gasteiger charge is -2.25. The molecule has 1 aliphatic rings. The number of hydrogen-bond acceptors (Lipinski definition) is 4. The van der Waals surface area contributed by atoms with Crippen LogP contribution in [0, 0.1) is 0 Å². The largest absolute Gasteiger partial charge is 0.382 e. The van der Waals surface area contributed by atoms with Crippen LogP contribution in [0.5, 0.6) is 0 Å². The van der Waals surface area contributed by atoms with Crippen LogP contribution < -0.4 is 5.73 Å². The molecule has 0 radical (unpaired) electrons. The molecule has 1 atom stereocenters. The van der Waals surface area contributed by atoms with Crippen LogP contribution >= 0.6 is 0 Å². The smallest absolute Gasteiger partial charge is 0.152 e. The highest BCUT2D eigenvalue weighted by Gasteiger charge is 2.41. The predicted octanol–water partition coefficient (Wildman–Crippen LogP) is 0.561. The summed E-state index contributed by atoms with van der Waals surface area (Å²) in [5.41, 5.74) is 6.24. The molecule has 1 saturated heterocycles. The fourth-order valence-electron chi connectivity index (χ4n) is 2.32. The Bertz CT molecular complexity index is 506. The predicted molar refractivity (Wildman–Crippen MR) is 62.9 cm³/mol. The summed E-state index contributed by atoms with van der Waals surface area (Å²) in [6, 6.07) is 1.82. The molecule has 1 aromatic rings. The Kier molecular flexibility index (Phi) is 2.49. The van der Waals surface area contributed by atoms with E-state index in [0.29, 0.717) is 12.2 Å². The Morgan fingerprint density at radius 1 is 1.62 bits per heavy atom. The fourth-order valence-corrected chi connectivity index (χ4v) is 4.43. The third-order valence-corrected chi connectivity index (χ3v) is 5.05. The van der Waals surface area contributed by atoms with Crippen molar-refractivity contribution < 1.29 is 8.42 Å². The summed E-state index contributed by atoms with van der Waals surface area (Å²) in [6.45, 7) is 3.95. The first-order chi connectivity index (χ1) is 7.36. The molecule has 0 bridgehead atoms. The zero-order valence-corrected chi connectivity index (χ0v) is 10.4. The highest BCUT2D eigenvalue weighted by atomic mass is 32.2. The zero-order chi connectivity index (χ0) is 12.0. The number of nitrogens with two attached hydrogens (primary N) is 1. The highest BCUT2D eigenvalue weighted by Crippen LogP contribution is 2.31. The second-order valence-corrected chi connectivity index (χ2v) is 6.85. The summed E-state index contributed by atoms with van der Waals surface area (Å²) in [5.74, 6) is 0.864. The van der Waals surface area contributed by atoms with Gasteiger partial charge in [0.25, 0.3) is 0 Å². The normalized spacial score (nSPS) is 28.4. The van der Waals surface area contributed by atoms with Gasteiger partial charge >= 0.3 is 0 Å². The minimum atomic E-state index is -2.92. The Hall–Kier alpha value is -1.04. The van der Waals surface area contributed by atoms with Crippen molar-refractivity contribution in [1.29, 1.82) is 0 Å². The number of hydrogen-bond donors (Lipinski definition) is 1. The van der Waals surface area contributed by atoms with Gasteiger partial charge in [-0.1, -0.05) is 6.92 Å². The molecule has 90 valence electrons. The van der Waals surface area contributed by atoms with Gasteiger partial charge in [0.15, 0.2) is 9.84 Å². The first-order valence-corrected chi connectivity index (χ1v) is 7.24. The Labute approximate surface area is 95.6 Å². The summed E-state index contributed by atoms with van der Waals surface area (Å²) >= 11 is 0. The van der Waals surface area contributed by atoms with E-state index >= 15 is 0 Å². The van der Waals surface area contributed by atoms with Gasteiger partial charge in [-0.3, -0.25) is 4.68 Å². The molecule has 1 aliphatic heterocycles. The van der Waals surface area contributed by atoms with Gasteiger partial charge in [-0.2, -0.15) is 5.10 Å². The Balaban J connectivity index is 2.44. The minimum Gasteiger partial charge on any atom is -0.382 e. The number of anilines is 1. The first-order valence-electron chi connectivity index (χ1n) is 5.42. The average Bonchev–Trinajstić information content (AvgIpc) is 2.68. The molecule has 0 saturated carbocycles. The van der Waals surface area contributed by atoms with E-state index in [2.05, 4.69) is 5.10 Å². The number of rotatable bonds is 2. The van der Waals surface area contributed by atoms with Crippen LogP contribution in [-0.2, 0) is 21.8 Å². The van der Waals surface area contributed by atoms with Crippen LogP contribution in [0.4, 0.5) is 5.82 Å². The summed E-state index contributed by atoms with van der Waals surface area (Å²) in [4.78, 5) is 0. The fraction of sp³-hybridized carbons (Fsp3) is 0.700. The van der Waals surface area contributed by atoms with Crippen molar-refractivity contribution in [3.63, 3.8) is 0 Å². The lowest BCUT2D eigenvalue weighted by molar-refractivity contribution is 0.319. The maximum atomic E-state index is 11.6. The van der Waals surface area contributed by atoms with E-state index in [1.54, 1.807) is 4.68 Å². The quantitative estimate of drug-likeness (QED) is 0.823. The number of nitrogens with zero attached hydrogens (tertiary/aromatic N) is 2. The third kappa shape index (κ3) is 1.81. The van der Waals surface area contributed by atoms with E-state index in [1.807, 2.05) is 19.9 Å². The van der Waals surface area contributed by atoms with E-state index in [4.69, 9.17) is 5.73 Å². The average molecular weight is 243 g/mol. The molecule has 0 amide bonds. The van der Waals surface area contributed by atoms with Crippen molar-refractivity contribution in [1.82, 2.24) is 9.78 Å². The number of aromatic nitrogens is 2. The highest BCUT2D eigenvalue weighted by molar-refractivity contribution is 7.91. The molecule has 6 heteroatoms. The van der Waals surface area contributed by atoms with Gasteiger partial charge in [-0.05, 0) is 19.8 Å². The molecule has 2 rings (SSSR count). The van der Waals surface area contributed by atoms with Gasteiger partial charge in [0.05, 0.1) is 17.0 Å². The van der Waals surface area contributed by atoms with Gasteiger partial charge in [0, 0.05) is 11.8 Å². The number of nitrogen functional groups attached to an aromatic ring is 1. The van der Waals surface area contributed by atoms with Crippen molar-refractivity contribution in [2.45, 2.75) is 32.2 Å². The van der Waals surface area contributed by atoms with Gasteiger partial charge in [0.2, 0.25) is 0 Å². The van der Waals surface area contributed by atoms with Crippen molar-refractivity contribution in [2.24, 2.45) is 0 Å². The molecule has 16 heavy (non-hydrogen) atoms. The Morgan fingerprint density at radius 2 is 2.31 bits per heavy atom. The molecule has 2 N–H and O–H groups in total. The number of sulfone groups is 1. The molecule has 2 heterocycles. The monoisotopic (exact) mass is 243 g/mol. The van der Waals surface area contributed by atoms with E-state index in [0.717, 1.165) is 12.1 Å². The first kappa shape index (κ1) is 11.4. The second-order valence-electron chi connectivity index (χ2n) is 4.66. The molecule has 0 aromatic carbocycles. The van der Waals surface area contributed by atoms with Gasteiger partial charge < -0.3 is 5.73 Å². The molecule has 1 unspecified atom stereocenters. The lowest BCUT2D eigenvalue weighted by Crippen LogP contribution is -2.33. The number of aryl methyl sites for hydroxylation is 1.